The Morgan fingerprint density at radius 1 is 1.48 bits per heavy atom. The number of tetrazole rings is 1. The van der Waals surface area contributed by atoms with Crippen molar-refractivity contribution in [2.45, 2.75) is 24.0 Å². The first kappa shape index (κ1) is 14.6. The smallest absolute Gasteiger partial charge is 0.236 e. The third-order valence-corrected chi connectivity index (χ3v) is 4.18. The number of aromatic nitrogens is 5. The van der Waals surface area contributed by atoms with Gasteiger partial charge in [0.15, 0.2) is 5.82 Å². The summed E-state index contributed by atoms with van der Waals surface area (Å²) in [7, 11) is 0. The van der Waals surface area contributed by atoms with Gasteiger partial charge in [-0.05, 0) is 29.3 Å². The highest BCUT2D eigenvalue weighted by Crippen LogP contribution is 2.36. The van der Waals surface area contributed by atoms with Crippen LogP contribution in [0.1, 0.15) is 18.9 Å². The molecule has 1 saturated carbocycles. The molecule has 1 aliphatic carbocycles. The number of amides is 1. The van der Waals surface area contributed by atoms with Crippen molar-refractivity contribution in [3.05, 3.63) is 22.3 Å². The van der Waals surface area contributed by atoms with Crippen LogP contribution in [0, 0.1) is 0 Å². The Hall–Kier alpha value is -1.38. The van der Waals surface area contributed by atoms with Crippen LogP contribution in [0.4, 0.5) is 5.82 Å². The van der Waals surface area contributed by atoms with Gasteiger partial charge in [-0.15, -0.1) is 5.10 Å². The molecule has 2 heterocycles. The lowest BCUT2D eigenvalue weighted by Crippen LogP contribution is -2.16. The minimum atomic E-state index is -0.234. The van der Waals surface area contributed by atoms with E-state index in [0.717, 1.165) is 12.8 Å². The molecule has 21 heavy (non-hydrogen) atoms. The minimum Gasteiger partial charge on any atom is -0.309 e. The fraction of sp³-hybridized carbons (Fsp3) is 0.364. The molecule has 0 aromatic carbocycles. The van der Waals surface area contributed by atoms with E-state index in [2.05, 4.69) is 25.8 Å². The summed E-state index contributed by atoms with van der Waals surface area (Å²) < 4.78 is 1.76. The SMILES string of the molecule is O=C(CSc1nnnn1C1CC1)Nc1ncc(Cl)cc1Cl. The van der Waals surface area contributed by atoms with Gasteiger partial charge < -0.3 is 5.32 Å². The number of nitrogens with zero attached hydrogens (tertiary/aromatic N) is 5. The maximum Gasteiger partial charge on any atom is 0.236 e. The van der Waals surface area contributed by atoms with Gasteiger partial charge in [-0.25, -0.2) is 9.67 Å². The number of rotatable bonds is 5. The van der Waals surface area contributed by atoms with Gasteiger partial charge in [0.1, 0.15) is 0 Å². The van der Waals surface area contributed by atoms with Crippen LogP contribution in [-0.2, 0) is 4.79 Å². The molecule has 0 bridgehead atoms. The van der Waals surface area contributed by atoms with Gasteiger partial charge in [0.25, 0.3) is 0 Å². The highest BCUT2D eigenvalue weighted by atomic mass is 35.5. The van der Waals surface area contributed by atoms with Gasteiger partial charge in [-0.2, -0.15) is 0 Å². The average molecular weight is 345 g/mol. The zero-order valence-corrected chi connectivity index (χ0v) is 13.0. The second kappa shape index (κ2) is 6.17. The number of anilines is 1. The average Bonchev–Trinajstić information content (AvgIpc) is 3.18. The summed E-state index contributed by atoms with van der Waals surface area (Å²) in [4.78, 5) is 15.9. The Morgan fingerprint density at radius 3 is 3.00 bits per heavy atom. The Kier molecular flexibility index (Phi) is 4.27. The lowest BCUT2D eigenvalue weighted by atomic mass is 10.4. The van der Waals surface area contributed by atoms with E-state index in [1.807, 2.05) is 0 Å². The second-order valence-corrected chi connectivity index (χ2v) is 6.24. The first-order valence-electron chi connectivity index (χ1n) is 6.15. The van der Waals surface area contributed by atoms with Crippen molar-refractivity contribution >= 4 is 46.7 Å². The van der Waals surface area contributed by atoms with Crippen LogP contribution in [0.25, 0.3) is 0 Å². The Bertz CT molecular complexity index is 674. The van der Waals surface area contributed by atoms with E-state index < -0.39 is 0 Å². The van der Waals surface area contributed by atoms with Crippen molar-refractivity contribution in [1.82, 2.24) is 25.2 Å². The standard InChI is InChI=1S/C11H10Cl2N6OS/c12-6-3-8(13)10(14-4-6)15-9(20)5-21-11-16-17-18-19(11)7-1-2-7/h3-4,7H,1-2,5H2,(H,14,15,20). The lowest BCUT2D eigenvalue weighted by molar-refractivity contribution is -0.113. The zero-order chi connectivity index (χ0) is 14.8. The van der Waals surface area contributed by atoms with Crippen molar-refractivity contribution < 1.29 is 4.79 Å². The Morgan fingerprint density at radius 2 is 2.29 bits per heavy atom. The van der Waals surface area contributed by atoms with Crippen molar-refractivity contribution in [3.63, 3.8) is 0 Å². The molecule has 0 radical (unpaired) electrons. The van der Waals surface area contributed by atoms with E-state index in [1.165, 1.54) is 24.0 Å². The third kappa shape index (κ3) is 3.63. The molecule has 1 N–H and O–H groups in total. The van der Waals surface area contributed by atoms with E-state index in [4.69, 9.17) is 23.2 Å². The molecule has 0 atom stereocenters. The fourth-order valence-electron chi connectivity index (χ4n) is 1.63. The molecule has 2 aromatic rings. The molecule has 1 aliphatic rings. The van der Waals surface area contributed by atoms with Crippen LogP contribution in [0.2, 0.25) is 10.0 Å². The molecule has 0 spiro atoms. The largest absolute Gasteiger partial charge is 0.309 e. The molecule has 3 rings (SSSR count). The number of carbonyl (C=O) groups is 1. The highest BCUT2D eigenvalue weighted by molar-refractivity contribution is 7.99. The molecule has 0 unspecified atom stereocenters. The summed E-state index contributed by atoms with van der Waals surface area (Å²) in [6.07, 6.45) is 3.58. The van der Waals surface area contributed by atoms with Crippen LogP contribution < -0.4 is 5.32 Å². The minimum absolute atomic E-state index is 0.174. The van der Waals surface area contributed by atoms with Gasteiger partial charge in [-0.1, -0.05) is 35.0 Å². The summed E-state index contributed by atoms with van der Waals surface area (Å²) in [5, 5.41) is 15.4. The third-order valence-electron chi connectivity index (χ3n) is 2.75. The number of thioether (sulfide) groups is 1. The maximum absolute atomic E-state index is 11.9. The van der Waals surface area contributed by atoms with E-state index in [-0.39, 0.29) is 17.5 Å². The van der Waals surface area contributed by atoms with Crippen molar-refractivity contribution in [2.75, 3.05) is 11.1 Å². The van der Waals surface area contributed by atoms with Crippen LogP contribution in [0.15, 0.2) is 17.4 Å². The number of halogens is 2. The molecule has 1 amide bonds. The molecule has 0 saturated heterocycles. The molecular formula is C11H10Cl2N6OS. The molecule has 0 aliphatic heterocycles. The van der Waals surface area contributed by atoms with Crippen molar-refractivity contribution in [1.29, 1.82) is 0 Å². The molecule has 2 aromatic heterocycles. The van der Waals surface area contributed by atoms with Gasteiger partial charge in [-0.3, -0.25) is 4.79 Å². The summed E-state index contributed by atoms with van der Waals surface area (Å²) in [5.41, 5.74) is 0. The summed E-state index contributed by atoms with van der Waals surface area (Å²) in [6.45, 7) is 0. The van der Waals surface area contributed by atoms with Crippen LogP contribution in [0.3, 0.4) is 0 Å². The lowest BCUT2D eigenvalue weighted by Gasteiger charge is -2.06. The summed E-state index contributed by atoms with van der Waals surface area (Å²) in [5.74, 6) is 0.226. The maximum atomic E-state index is 11.9. The number of hydrogen-bond donors (Lipinski definition) is 1. The monoisotopic (exact) mass is 344 g/mol. The first-order chi connectivity index (χ1) is 10.1. The van der Waals surface area contributed by atoms with Gasteiger partial charge in [0.2, 0.25) is 11.1 Å². The first-order valence-corrected chi connectivity index (χ1v) is 7.89. The predicted molar refractivity (Wildman–Crippen MR) is 79.7 cm³/mol. The van der Waals surface area contributed by atoms with Gasteiger partial charge in [0.05, 0.1) is 21.8 Å². The van der Waals surface area contributed by atoms with Crippen LogP contribution in [-0.4, -0.2) is 36.9 Å². The molecule has 10 heteroatoms. The topological polar surface area (TPSA) is 85.6 Å². The molecule has 110 valence electrons. The highest BCUT2D eigenvalue weighted by Gasteiger charge is 2.28. The zero-order valence-electron chi connectivity index (χ0n) is 10.7. The Labute approximate surface area is 134 Å². The van der Waals surface area contributed by atoms with E-state index in [0.29, 0.717) is 21.2 Å². The second-order valence-electron chi connectivity index (χ2n) is 4.46. The van der Waals surface area contributed by atoms with Gasteiger partial charge >= 0.3 is 0 Å². The molecular weight excluding hydrogens is 335 g/mol. The summed E-state index contributed by atoms with van der Waals surface area (Å²) >= 11 is 13.0. The predicted octanol–water partition coefficient (Wildman–Crippen LogP) is 2.44. The molecule has 1 fully saturated rings. The Balaban J connectivity index is 1.57. The molecule has 7 nitrogen and oxygen atoms in total. The van der Waals surface area contributed by atoms with E-state index in [9.17, 15) is 4.79 Å². The number of nitrogens with one attached hydrogen (secondary N) is 1. The van der Waals surface area contributed by atoms with Crippen molar-refractivity contribution in [2.24, 2.45) is 0 Å². The van der Waals surface area contributed by atoms with Crippen molar-refractivity contribution in [3.8, 4) is 0 Å². The van der Waals surface area contributed by atoms with Crippen LogP contribution in [0.5, 0.6) is 0 Å². The van der Waals surface area contributed by atoms with E-state index >= 15 is 0 Å². The quantitative estimate of drug-likeness (QED) is 0.838. The normalized spacial score (nSPS) is 14.2. The number of pyridine rings is 1. The fourth-order valence-corrected chi connectivity index (χ4v) is 2.81. The van der Waals surface area contributed by atoms with E-state index in [1.54, 1.807) is 4.68 Å². The van der Waals surface area contributed by atoms with Gasteiger partial charge in [0, 0.05) is 6.20 Å². The number of carbonyl (C=O) groups excluding carboxylic acids is 1. The number of hydrogen-bond acceptors (Lipinski definition) is 6. The van der Waals surface area contributed by atoms with Crippen LogP contribution >= 0.6 is 35.0 Å². The summed E-state index contributed by atoms with van der Waals surface area (Å²) in [6, 6.07) is 1.89.